The van der Waals surface area contributed by atoms with Crippen LogP contribution >= 0.6 is 23.2 Å². The highest BCUT2D eigenvalue weighted by Crippen LogP contribution is 2.47. The Morgan fingerprint density at radius 1 is 1.25 bits per heavy atom. The van der Waals surface area contributed by atoms with Gasteiger partial charge in [-0.15, -0.1) is 5.10 Å². The van der Waals surface area contributed by atoms with Gasteiger partial charge in [-0.3, -0.25) is 4.98 Å². The van der Waals surface area contributed by atoms with Crippen LogP contribution in [0.5, 0.6) is 0 Å². The van der Waals surface area contributed by atoms with Gasteiger partial charge in [0.05, 0.1) is 41.7 Å². The highest BCUT2D eigenvalue weighted by Gasteiger charge is 2.29. The lowest BCUT2D eigenvalue weighted by Crippen LogP contribution is -2.11. The summed E-state index contributed by atoms with van der Waals surface area (Å²) >= 11 is 13.3. The van der Waals surface area contributed by atoms with Crippen molar-refractivity contribution in [3.8, 4) is 0 Å². The van der Waals surface area contributed by atoms with Gasteiger partial charge in [0.2, 0.25) is 0 Å². The van der Waals surface area contributed by atoms with E-state index in [1.54, 1.807) is 6.20 Å². The van der Waals surface area contributed by atoms with Crippen LogP contribution in [-0.4, -0.2) is 33.2 Å². The van der Waals surface area contributed by atoms with Crippen LogP contribution in [0.3, 0.4) is 0 Å². The molecular weight excluding hydrogens is 395 g/mol. The van der Waals surface area contributed by atoms with Crippen molar-refractivity contribution >= 4 is 39.8 Å². The summed E-state index contributed by atoms with van der Waals surface area (Å²) in [6, 6.07) is 5.92. The molecular formula is C21H20Cl2N4O. The fourth-order valence-electron chi connectivity index (χ4n) is 3.87. The molecule has 3 aromatic rings. The molecule has 1 saturated carbocycles. The van der Waals surface area contributed by atoms with E-state index < -0.39 is 0 Å². The predicted molar refractivity (Wildman–Crippen MR) is 111 cm³/mol. The van der Waals surface area contributed by atoms with Crippen LogP contribution in [0.15, 0.2) is 30.5 Å². The van der Waals surface area contributed by atoms with Gasteiger partial charge in [-0.25, -0.2) is 4.68 Å². The maximum absolute atomic E-state index is 6.78. The highest BCUT2D eigenvalue weighted by molar-refractivity contribution is 6.36. The summed E-state index contributed by atoms with van der Waals surface area (Å²) in [5, 5.41) is 10.1. The van der Waals surface area contributed by atoms with Crippen LogP contribution in [0.2, 0.25) is 10.0 Å². The first-order valence-corrected chi connectivity index (χ1v) is 10.3. The average Bonchev–Trinajstić information content (AvgIpc) is 3.46. The number of halogens is 2. The third kappa shape index (κ3) is 3.11. The average molecular weight is 415 g/mol. The summed E-state index contributed by atoms with van der Waals surface area (Å²) in [5.74, 6) is 0.555. The van der Waals surface area contributed by atoms with E-state index in [0.717, 1.165) is 40.3 Å². The summed E-state index contributed by atoms with van der Waals surface area (Å²) in [5.41, 5.74) is 5.91. The van der Waals surface area contributed by atoms with Gasteiger partial charge >= 0.3 is 0 Å². The zero-order valence-electron chi connectivity index (χ0n) is 15.5. The van der Waals surface area contributed by atoms with Crippen molar-refractivity contribution in [3.63, 3.8) is 0 Å². The van der Waals surface area contributed by atoms with Crippen molar-refractivity contribution in [3.05, 3.63) is 57.3 Å². The van der Waals surface area contributed by atoms with E-state index in [0.29, 0.717) is 17.5 Å². The summed E-state index contributed by atoms with van der Waals surface area (Å²) in [7, 11) is 0. The molecule has 1 aromatic carbocycles. The molecule has 3 heterocycles. The van der Waals surface area contributed by atoms with Crippen molar-refractivity contribution in [2.24, 2.45) is 0 Å². The molecule has 5 nitrogen and oxygen atoms in total. The van der Waals surface area contributed by atoms with Crippen LogP contribution in [-0.2, 0) is 4.74 Å². The number of pyridine rings is 1. The molecule has 0 saturated heterocycles. The highest BCUT2D eigenvalue weighted by atomic mass is 35.5. The minimum Gasteiger partial charge on any atom is -0.377 e. The van der Waals surface area contributed by atoms with E-state index >= 15 is 0 Å². The van der Waals surface area contributed by atoms with Gasteiger partial charge in [0.25, 0.3) is 0 Å². The molecule has 1 atom stereocenters. The SMILES string of the molecule is C[C@H](c1c(Cl)ccc(C2CC2)c1Cl)n1nnc2cnc(C3=CCOCC3)cc21. The van der Waals surface area contributed by atoms with Crippen LogP contribution in [0.4, 0.5) is 0 Å². The number of benzene rings is 1. The van der Waals surface area contributed by atoms with E-state index in [9.17, 15) is 0 Å². The van der Waals surface area contributed by atoms with Gasteiger partial charge in [-0.2, -0.15) is 0 Å². The second-order valence-electron chi connectivity index (χ2n) is 7.46. The number of hydrogen-bond donors (Lipinski definition) is 0. The summed E-state index contributed by atoms with van der Waals surface area (Å²) < 4.78 is 7.30. The molecule has 7 heteroatoms. The lowest BCUT2D eigenvalue weighted by Gasteiger charge is -2.19. The third-order valence-electron chi connectivity index (χ3n) is 5.61. The predicted octanol–water partition coefficient (Wildman–Crippen LogP) is 5.42. The molecule has 2 aromatic heterocycles. The number of fused-ring (bicyclic) bond motifs is 1. The third-order valence-corrected chi connectivity index (χ3v) is 6.36. The maximum Gasteiger partial charge on any atom is 0.131 e. The van der Waals surface area contributed by atoms with Crippen molar-refractivity contribution in [2.45, 2.75) is 38.1 Å². The topological polar surface area (TPSA) is 52.8 Å². The fourth-order valence-corrected chi connectivity index (χ4v) is 4.71. The smallest absolute Gasteiger partial charge is 0.131 e. The molecule has 0 radical (unpaired) electrons. The Morgan fingerprint density at radius 3 is 2.86 bits per heavy atom. The number of rotatable bonds is 4. The largest absolute Gasteiger partial charge is 0.377 e. The first-order chi connectivity index (χ1) is 13.6. The number of ether oxygens (including phenoxy) is 1. The van der Waals surface area contributed by atoms with E-state index in [1.807, 2.05) is 10.7 Å². The van der Waals surface area contributed by atoms with Gasteiger partial charge in [0.1, 0.15) is 5.52 Å². The van der Waals surface area contributed by atoms with Gasteiger partial charge in [0.15, 0.2) is 0 Å². The summed E-state index contributed by atoms with van der Waals surface area (Å²) in [4.78, 5) is 4.56. The lowest BCUT2D eigenvalue weighted by molar-refractivity contribution is 0.161. The van der Waals surface area contributed by atoms with Crippen molar-refractivity contribution in [1.82, 2.24) is 20.0 Å². The Kier molecular flexibility index (Phi) is 4.62. The second-order valence-corrected chi connectivity index (χ2v) is 8.25. The van der Waals surface area contributed by atoms with Gasteiger partial charge in [0, 0.05) is 10.6 Å². The van der Waals surface area contributed by atoms with E-state index in [1.165, 1.54) is 24.0 Å². The van der Waals surface area contributed by atoms with E-state index in [4.69, 9.17) is 27.9 Å². The fraction of sp³-hybridized carbons (Fsp3) is 0.381. The monoisotopic (exact) mass is 414 g/mol. The number of hydrogen-bond acceptors (Lipinski definition) is 4. The Hall–Kier alpha value is -1.95. The zero-order chi connectivity index (χ0) is 19.3. The van der Waals surface area contributed by atoms with Crippen LogP contribution in [0, 0.1) is 0 Å². The Bertz CT molecular complexity index is 1090. The first kappa shape index (κ1) is 18.1. The number of aromatic nitrogens is 4. The molecule has 0 unspecified atom stereocenters. The van der Waals surface area contributed by atoms with Gasteiger partial charge < -0.3 is 4.74 Å². The van der Waals surface area contributed by atoms with Crippen LogP contribution in [0.25, 0.3) is 16.6 Å². The zero-order valence-corrected chi connectivity index (χ0v) is 17.0. The molecule has 2 aliphatic rings. The van der Waals surface area contributed by atoms with E-state index in [2.05, 4.69) is 40.4 Å². The first-order valence-electron chi connectivity index (χ1n) is 9.59. The molecule has 1 aliphatic heterocycles. The van der Waals surface area contributed by atoms with Crippen molar-refractivity contribution in [1.29, 1.82) is 0 Å². The van der Waals surface area contributed by atoms with Crippen LogP contribution in [0.1, 0.15) is 55.0 Å². The van der Waals surface area contributed by atoms with E-state index in [-0.39, 0.29) is 6.04 Å². The molecule has 144 valence electrons. The van der Waals surface area contributed by atoms with Gasteiger partial charge in [-0.05, 0) is 55.4 Å². The molecule has 0 bridgehead atoms. The van der Waals surface area contributed by atoms with Gasteiger partial charge in [-0.1, -0.05) is 40.6 Å². The molecule has 0 N–H and O–H groups in total. The molecule has 5 rings (SSSR count). The minimum atomic E-state index is -0.136. The molecule has 1 fully saturated rings. The summed E-state index contributed by atoms with van der Waals surface area (Å²) in [6.07, 6.45) is 7.10. The Labute approximate surface area is 173 Å². The molecule has 0 amide bonds. The Balaban J connectivity index is 1.59. The van der Waals surface area contributed by atoms with Crippen molar-refractivity contribution < 1.29 is 4.74 Å². The Morgan fingerprint density at radius 2 is 2.11 bits per heavy atom. The molecule has 0 spiro atoms. The normalized spacial score (nSPS) is 18.3. The van der Waals surface area contributed by atoms with Crippen molar-refractivity contribution in [2.75, 3.05) is 13.2 Å². The summed E-state index contributed by atoms with van der Waals surface area (Å²) in [6.45, 7) is 3.41. The van der Waals surface area contributed by atoms with Crippen LogP contribution < -0.4 is 0 Å². The second kappa shape index (κ2) is 7.14. The minimum absolute atomic E-state index is 0.136. The molecule has 28 heavy (non-hydrogen) atoms. The number of nitrogens with zero attached hydrogens (tertiary/aromatic N) is 4. The standard InChI is InChI=1S/C21H20Cl2N4O/c1-12(20-16(22)5-4-15(21(20)23)13-2-3-13)27-19-10-17(14-6-8-28-9-7-14)24-11-18(19)25-26-27/h4-6,10-13H,2-3,7-9H2,1H3/t12-/m1/s1. The lowest BCUT2D eigenvalue weighted by atomic mass is 10.0. The quantitative estimate of drug-likeness (QED) is 0.571. The molecule has 1 aliphatic carbocycles. The maximum atomic E-state index is 6.78.